The van der Waals surface area contributed by atoms with Gasteiger partial charge in [0.15, 0.2) is 5.65 Å². The van der Waals surface area contributed by atoms with Crippen LogP contribution in [0.25, 0.3) is 33.2 Å². The van der Waals surface area contributed by atoms with Crippen LogP contribution in [-0.2, 0) is 6.54 Å². The summed E-state index contributed by atoms with van der Waals surface area (Å²) in [6, 6.07) is 18.0. The third-order valence-corrected chi connectivity index (χ3v) is 4.64. The Hall–Kier alpha value is -4.11. The Balaban J connectivity index is 1.64. The molecule has 6 nitrogen and oxygen atoms in total. The summed E-state index contributed by atoms with van der Waals surface area (Å²) < 4.78 is 1.78. The summed E-state index contributed by atoms with van der Waals surface area (Å²) in [7, 11) is 0. The van der Waals surface area contributed by atoms with Gasteiger partial charge in [0, 0.05) is 28.2 Å². The fourth-order valence-corrected chi connectivity index (χ4v) is 3.33. The minimum absolute atomic E-state index is 0.407. The van der Waals surface area contributed by atoms with E-state index in [-0.39, 0.29) is 0 Å². The standard InChI is InChI=1S/C22H16N6/c23-21-19-20(17-13-24-18-11-5-4-10-16(17)18)27-28(22(19)26-14-25-21)12-6-9-15-7-2-1-3-8-15/h1-5,7-8,10-11,13-14,24H,12H2,(H2,23,25,26). The monoisotopic (exact) mass is 364 g/mol. The van der Waals surface area contributed by atoms with Crippen LogP contribution in [0.2, 0.25) is 0 Å². The highest BCUT2D eigenvalue weighted by Gasteiger charge is 2.18. The molecule has 3 heterocycles. The molecule has 0 aliphatic carbocycles. The summed E-state index contributed by atoms with van der Waals surface area (Å²) in [5.41, 5.74) is 10.6. The number of fused-ring (bicyclic) bond motifs is 2. The zero-order valence-electron chi connectivity index (χ0n) is 14.9. The van der Waals surface area contributed by atoms with E-state index in [1.807, 2.05) is 54.7 Å². The van der Waals surface area contributed by atoms with E-state index < -0.39 is 0 Å². The lowest BCUT2D eigenvalue weighted by Crippen LogP contribution is -2.00. The number of aromatic amines is 1. The molecule has 0 fully saturated rings. The highest BCUT2D eigenvalue weighted by molar-refractivity contribution is 6.05. The Morgan fingerprint density at radius 3 is 2.71 bits per heavy atom. The van der Waals surface area contributed by atoms with Gasteiger partial charge in [-0.3, -0.25) is 0 Å². The summed E-state index contributed by atoms with van der Waals surface area (Å²) in [6.07, 6.45) is 3.40. The molecule has 0 spiro atoms. The summed E-state index contributed by atoms with van der Waals surface area (Å²) in [4.78, 5) is 11.9. The molecule has 5 aromatic rings. The Morgan fingerprint density at radius 1 is 1.00 bits per heavy atom. The number of hydrogen-bond acceptors (Lipinski definition) is 4. The van der Waals surface area contributed by atoms with Gasteiger partial charge in [0.05, 0.1) is 5.39 Å². The molecule has 6 heteroatoms. The van der Waals surface area contributed by atoms with Crippen molar-refractivity contribution in [2.75, 3.05) is 5.73 Å². The Bertz CT molecular complexity index is 1350. The van der Waals surface area contributed by atoms with Crippen LogP contribution in [0.1, 0.15) is 5.56 Å². The van der Waals surface area contributed by atoms with E-state index >= 15 is 0 Å². The number of hydrogen-bond donors (Lipinski definition) is 2. The van der Waals surface area contributed by atoms with Crippen LogP contribution in [0.15, 0.2) is 67.1 Å². The Kier molecular flexibility index (Phi) is 3.77. The highest BCUT2D eigenvalue weighted by atomic mass is 15.3. The number of H-pyrrole nitrogens is 1. The molecule has 0 aliphatic heterocycles. The first-order valence-corrected chi connectivity index (χ1v) is 8.88. The van der Waals surface area contributed by atoms with E-state index in [1.54, 1.807) is 4.68 Å². The number of aromatic nitrogens is 5. The number of nitrogens with zero attached hydrogens (tertiary/aromatic N) is 4. The molecule has 0 atom stereocenters. The van der Waals surface area contributed by atoms with E-state index in [0.29, 0.717) is 18.0 Å². The van der Waals surface area contributed by atoms with Crippen molar-refractivity contribution in [1.82, 2.24) is 24.7 Å². The van der Waals surface area contributed by atoms with Gasteiger partial charge in [-0.25, -0.2) is 14.6 Å². The summed E-state index contributed by atoms with van der Waals surface area (Å²) in [5, 5.41) is 6.61. The molecule has 0 amide bonds. The van der Waals surface area contributed by atoms with Gasteiger partial charge in [0.1, 0.15) is 24.4 Å². The fraction of sp³-hybridized carbons (Fsp3) is 0.0455. The molecule has 5 rings (SSSR count). The quantitative estimate of drug-likeness (QED) is 0.469. The van der Waals surface area contributed by atoms with Gasteiger partial charge in [0.25, 0.3) is 0 Å². The van der Waals surface area contributed by atoms with Gasteiger partial charge < -0.3 is 10.7 Å². The molecule has 28 heavy (non-hydrogen) atoms. The van der Waals surface area contributed by atoms with Crippen molar-refractivity contribution in [1.29, 1.82) is 0 Å². The molecule has 0 unspecified atom stereocenters. The van der Waals surface area contributed by atoms with Crippen molar-refractivity contribution in [2.24, 2.45) is 0 Å². The maximum absolute atomic E-state index is 6.19. The van der Waals surface area contributed by atoms with Crippen LogP contribution in [0, 0.1) is 11.8 Å². The lowest BCUT2D eigenvalue weighted by atomic mass is 10.1. The molecule has 0 radical (unpaired) electrons. The number of nitrogen functional groups attached to an aromatic ring is 1. The second-order valence-electron chi connectivity index (χ2n) is 6.38. The predicted octanol–water partition coefficient (Wildman–Crippen LogP) is 3.61. The van der Waals surface area contributed by atoms with Crippen molar-refractivity contribution in [3.63, 3.8) is 0 Å². The van der Waals surface area contributed by atoms with Crippen molar-refractivity contribution in [3.8, 4) is 23.1 Å². The lowest BCUT2D eigenvalue weighted by molar-refractivity contribution is 0.736. The number of nitrogens with one attached hydrogen (secondary N) is 1. The summed E-state index contributed by atoms with van der Waals surface area (Å²) >= 11 is 0. The number of benzene rings is 2. The molecule has 0 bridgehead atoms. The average molecular weight is 364 g/mol. The van der Waals surface area contributed by atoms with E-state index in [1.165, 1.54) is 6.33 Å². The van der Waals surface area contributed by atoms with E-state index in [9.17, 15) is 0 Å². The number of nitrogens with two attached hydrogens (primary N) is 1. The van der Waals surface area contributed by atoms with Gasteiger partial charge in [-0.2, -0.15) is 5.10 Å². The molecule has 3 N–H and O–H groups in total. The van der Waals surface area contributed by atoms with E-state index in [0.717, 1.165) is 33.1 Å². The van der Waals surface area contributed by atoms with Gasteiger partial charge in [-0.1, -0.05) is 48.2 Å². The first-order chi connectivity index (χ1) is 13.8. The first kappa shape index (κ1) is 16.1. The van der Waals surface area contributed by atoms with Crippen molar-refractivity contribution < 1.29 is 0 Å². The molecule has 2 aromatic carbocycles. The van der Waals surface area contributed by atoms with Gasteiger partial charge >= 0.3 is 0 Å². The number of para-hydroxylation sites is 1. The molecular formula is C22H16N6. The average Bonchev–Trinajstić information content (AvgIpc) is 3.31. The van der Waals surface area contributed by atoms with Gasteiger partial charge in [-0.15, -0.1) is 0 Å². The molecule has 0 saturated carbocycles. The Labute approximate surface area is 161 Å². The molecule has 0 saturated heterocycles. The third kappa shape index (κ3) is 2.66. The molecule has 0 aliphatic rings. The van der Waals surface area contributed by atoms with Gasteiger partial charge in [-0.05, 0) is 18.2 Å². The first-order valence-electron chi connectivity index (χ1n) is 8.88. The van der Waals surface area contributed by atoms with E-state index in [4.69, 9.17) is 10.8 Å². The highest BCUT2D eigenvalue weighted by Crippen LogP contribution is 2.34. The van der Waals surface area contributed by atoms with Crippen LogP contribution in [0.5, 0.6) is 0 Å². The fourth-order valence-electron chi connectivity index (χ4n) is 3.33. The summed E-state index contributed by atoms with van der Waals surface area (Å²) in [6.45, 7) is 0.407. The Morgan fingerprint density at radius 2 is 1.82 bits per heavy atom. The lowest BCUT2D eigenvalue weighted by Gasteiger charge is -1.98. The second kappa shape index (κ2) is 6.56. The van der Waals surface area contributed by atoms with Crippen LogP contribution >= 0.6 is 0 Å². The maximum Gasteiger partial charge on any atom is 0.164 e. The van der Waals surface area contributed by atoms with Crippen molar-refractivity contribution in [2.45, 2.75) is 6.54 Å². The molecule has 134 valence electrons. The molecular weight excluding hydrogens is 348 g/mol. The number of anilines is 1. The molecule has 3 aromatic heterocycles. The predicted molar refractivity (Wildman–Crippen MR) is 110 cm³/mol. The summed E-state index contributed by atoms with van der Waals surface area (Å²) in [5.74, 6) is 6.73. The van der Waals surface area contributed by atoms with Crippen LogP contribution in [0.4, 0.5) is 5.82 Å². The van der Waals surface area contributed by atoms with Crippen LogP contribution in [-0.4, -0.2) is 24.7 Å². The van der Waals surface area contributed by atoms with Crippen LogP contribution in [0.3, 0.4) is 0 Å². The van der Waals surface area contributed by atoms with Crippen molar-refractivity contribution in [3.05, 3.63) is 72.7 Å². The minimum Gasteiger partial charge on any atom is -0.383 e. The van der Waals surface area contributed by atoms with Gasteiger partial charge in [0.2, 0.25) is 0 Å². The third-order valence-electron chi connectivity index (χ3n) is 4.64. The topological polar surface area (TPSA) is 85.4 Å². The normalized spacial score (nSPS) is 10.9. The number of rotatable bonds is 2. The smallest absolute Gasteiger partial charge is 0.164 e. The second-order valence-corrected chi connectivity index (χ2v) is 6.38. The van der Waals surface area contributed by atoms with Crippen molar-refractivity contribution >= 4 is 27.8 Å². The maximum atomic E-state index is 6.19. The minimum atomic E-state index is 0.407. The zero-order valence-corrected chi connectivity index (χ0v) is 14.9. The SMILES string of the molecule is Nc1ncnc2c1c(-c1c[nH]c3ccccc13)nn2CC#Cc1ccccc1. The van der Waals surface area contributed by atoms with Crippen LogP contribution < -0.4 is 5.73 Å². The zero-order chi connectivity index (χ0) is 18.9. The van der Waals surface area contributed by atoms with E-state index in [2.05, 4.69) is 32.9 Å². The largest absolute Gasteiger partial charge is 0.383 e.